The maximum absolute atomic E-state index is 5.80. The van der Waals surface area contributed by atoms with Crippen LogP contribution >= 0.6 is 0 Å². The fraction of sp³-hybridized carbons (Fsp3) is 0.571. The Kier molecular flexibility index (Phi) is 3.08. The van der Waals surface area contributed by atoms with Crippen molar-refractivity contribution in [1.29, 1.82) is 0 Å². The fourth-order valence-electron chi connectivity index (χ4n) is 2.54. The molecule has 1 saturated carbocycles. The Morgan fingerprint density at radius 1 is 1.31 bits per heavy atom. The molecule has 1 aromatic carbocycles. The molecule has 2 heteroatoms. The molecule has 0 heterocycles. The topological polar surface area (TPSA) is 38.0 Å². The number of nitrogens with one attached hydrogen (secondary N) is 1. The first-order chi connectivity index (χ1) is 7.59. The average molecular weight is 218 g/mol. The van der Waals surface area contributed by atoms with Gasteiger partial charge in [0.15, 0.2) is 0 Å². The van der Waals surface area contributed by atoms with Gasteiger partial charge in [0.25, 0.3) is 0 Å². The first-order valence-electron chi connectivity index (χ1n) is 6.19. The SMILES string of the molecule is Cc1ccc(N)cc1NCC1(C)CCCC1. The molecular weight excluding hydrogens is 196 g/mol. The Morgan fingerprint density at radius 3 is 2.69 bits per heavy atom. The minimum absolute atomic E-state index is 0.483. The van der Waals surface area contributed by atoms with E-state index < -0.39 is 0 Å². The average Bonchev–Trinajstić information content (AvgIpc) is 2.67. The quantitative estimate of drug-likeness (QED) is 0.761. The summed E-state index contributed by atoms with van der Waals surface area (Å²) in [5.74, 6) is 0. The van der Waals surface area contributed by atoms with E-state index in [1.54, 1.807) is 0 Å². The number of anilines is 2. The lowest BCUT2D eigenvalue weighted by molar-refractivity contribution is 0.362. The molecule has 16 heavy (non-hydrogen) atoms. The number of hydrogen-bond acceptors (Lipinski definition) is 2. The van der Waals surface area contributed by atoms with Crippen LogP contribution in [0.5, 0.6) is 0 Å². The number of nitrogens with two attached hydrogens (primary N) is 1. The molecule has 1 fully saturated rings. The molecule has 1 aliphatic carbocycles. The summed E-state index contributed by atoms with van der Waals surface area (Å²) >= 11 is 0. The van der Waals surface area contributed by atoms with Gasteiger partial charge in [-0.1, -0.05) is 25.8 Å². The summed E-state index contributed by atoms with van der Waals surface area (Å²) in [7, 11) is 0. The van der Waals surface area contributed by atoms with Crippen molar-refractivity contribution < 1.29 is 0 Å². The molecular formula is C14H22N2. The van der Waals surface area contributed by atoms with E-state index in [4.69, 9.17) is 5.73 Å². The summed E-state index contributed by atoms with van der Waals surface area (Å²) in [6.07, 6.45) is 5.46. The lowest BCUT2D eigenvalue weighted by Gasteiger charge is -2.25. The van der Waals surface area contributed by atoms with Crippen molar-refractivity contribution >= 4 is 11.4 Å². The van der Waals surface area contributed by atoms with Crippen LogP contribution in [0.15, 0.2) is 18.2 Å². The molecule has 1 aromatic rings. The molecule has 0 amide bonds. The van der Waals surface area contributed by atoms with Crippen LogP contribution in [-0.4, -0.2) is 6.54 Å². The summed E-state index contributed by atoms with van der Waals surface area (Å²) in [6.45, 7) is 5.57. The molecule has 0 radical (unpaired) electrons. The van der Waals surface area contributed by atoms with Crippen molar-refractivity contribution in [1.82, 2.24) is 0 Å². The molecule has 0 aliphatic heterocycles. The molecule has 3 N–H and O–H groups in total. The standard InChI is InChI=1S/C14H22N2/c1-11-5-6-12(15)9-13(11)16-10-14(2)7-3-4-8-14/h5-6,9,16H,3-4,7-8,10,15H2,1-2H3. The number of hydrogen-bond donors (Lipinski definition) is 2. The minimum atomic E-state index is 0.483. The van der Waals surface area contributed by atoms with Gasteiger partial charge >= 0.3 is 0 Å². The lowest BCUT2D eigenvalue weighted by Crippen LogP contribution is -2.23. The van der Waals surface area contributed by atoms with E-state index in [1.165, 1.54) is 36.9 Å². The second-order valence-corrected chi connectivity index (χ2v) is 5.45. The summed E-state index contributed by atoms with van der Waals surface area (Å²) in [5.41, 5.74) is 9.59. The summed E-state index contributed by atoms with van der Waals surface area (Å²) in [5, 5.41) is 3.56. The predicted octanol–water partition coefficient (Wildman–Crippen LogP) is 3.57. The van der Waals surface area contributed by atoms with Gasteiger partial charge in [-0.15, -0.1) is 0 Å². The molecule has 0 saturated heterocycles. The van der Waals surface area contributed by atoms with E-state index in [-0.39, 0.29) is 0 Å². The van der Waals surface area contributed by atoms with E-state index >= 15 is 0 Å². The highest BCUT2D eigenvalue weighted by molar-refractivity contribution is 5.59. The van der Waals surface area contributed by atoms with Gasteiger partial charge in [0.05, 0.1) is 0 Å². The first-order valence-corrected chi connectivity index (χ1v) is 6.19. The van der Waals surface area contributed by atoms with Crippen LogP contribution in [0.1, 0.15) is 38.2 Å². The third-order valence-corrected chi connectivity index (χ3v) is 3.78. The minimum Gasteiger partial charge on any atom is -0.399 e. The predicted molar refractivity (Wildman–Crippen MR) is 70.7 cm³/mol. The third kappa shape index (κ3) is 2.49. The van der Waals surface area contributed by atoms with Crippen molar-refractivity contribution in [2.75, 3.05) is 17.6 Å². The van der Waals surface area contributed by atoms with Crippen LogP contribution in [0.4, 0.5) is 11.4 Å². The van der Waals surface area contributed by atoms with Crippen molar-refractivity contribution in [2.24, 2.45) is 5.41 Å². The Labute approximate surface area is 98.2 Å². The molecule has 0 atom stereocenters. The molecule has 0 aromatic heterocycles. The van der Waals surface area contributed by atoms with E-state index in [0.29, 0.717) is 5.41 Å². The van der Waals surface area contributed by atoms with Crippen LogP contribution in [-0.2, 0) is 0 Å². The van der Waals surface area contributed by atoms with E-state index in [0.717, 1.165) is 12.2 Å². The number of rotatable bonds is 3. The third-order valence-electron chi connectivity index (χ3n) is 3.78. The van der Waals surface area contributed by atoms with E-state index in [2.05, 4.69) is 25.2 Å². The van der Waals surface area contributed by atoms with Gasteiger partial charge in [-0.05, 0) is 42.9 Å². The molecule has 1 aliphatic rings. The number of nitrogen functional groups attached to an aromatic ring is 1. The lowest BCUT2D eigenvalue weighted by atomic mass is 9.89. The smallest absolute Gasteiger partial charge is 0.0390 e. The second kappa shape index (κ2) is 4.36. The number of benzene rings is 1. The van der Waals surface area contributed by atoms with Gasteiger partial charge in [-0.25, -0.2) is 0 Å². The molecule has 0 unspecified atom stereocenters. The molecule has 0 spiro atoms. The molecule has 2 nitrogen and oxygen atoms in total. The van der Waals surface area contributed by atoms with E-state index in [9.17, 15) is 0 Å². The van der Waals surface area contributed by atoms with Gasteiger partial charge in [0.1, 0.15) is 0 Å². The first kappa shape index (κ1) is 11.3. The molecule has 2 rings (SSSR count). The van der Waals surface area contributed by atoms with Gasteiger partial charge in [0, 0.05) is 17.9 Å². The summed E-state index contributed by atoms with van der Waals surface area (Å²) < 4.78 is 0. The zero-order valence-electron chi connectivity index (χ0n) is 10.3. The summed E-state index contributed by atoms with van der Waals surface area (Å²) in [6, 6.07) is 6.07. The molecule has 0 bridgehead atoms. The number of aryl methyl sites for hydroxylation is 1. The Bertz CT molecular complexity index is 365. The maximum Gasteiger partial charge on any atom is 0.0390 e. The summed E-state index contributed by atoms with van der Waals surface area (Å²) in [4.78, 5) is 0. The highest BCUT2D eigenvalue weighted by atomic mass is 14.9. The van der Waals surface area contributed by atoms with Crippen LogP contribution in [0, 0.1) is 12.3 Å². The zero-order chi connectivity index (χ0) is 11.6. The van der Waals surface area contributed by atoms with Crippen molar-refractivity contribution in [3.05, 3.63) is 23.8 Å². The van der Waals surface area contributed by atoms with Crippen molar-refractivity contribution in [3.63, 3.8) is 0 Å². The van der Waals surface area contributed by atoms with Crippen LogP contribution in [0.3, 0.4) is 0 Å². The van der Waals surface area contributed by atoms with Crippen LogP contribution in [0.25, 0.3) is 0 Å². The molecule has 88 valence electrons. The van der Waals surface area contributed by atoms with Crippen LogP contribution in [0.2, 0.25) is 0 Å². The monoisotopic (exact) mass is 218 g/mol. The van der Waals surface area contributed by atoms with Crippen molar-refractivity contribution in [3.8, 4) is 0 Å². The van der Waals surface area contributed by atoms with Gasteiger partial charge in [0.2, 0.25) is 0 Å². The van der Waals surface area contributed by atoms with Gasteiger partial charge < -0.3 is 11.1 Å². The normalized spacial score (nSPS) is 18.6. The highest BCUT2D eigenvalue weighted by Crippen LogP contribution is 2.37. The van der Waals surface area contributed by atoms with Gasteiger partial charge in [-0.3, -0.25) is 0 Å². The van der Waals surface area contributed by atoms with Crippen molar-refractivity contribution in [2.45, 2.75) is 39.5 Å². The Balaban J connectivity index is 2.01. The Hall–Kier alpha value is -1.18. The second-order valence-electron chi connectivity index (χ2n) is 5.45. The Morgan fingerprint density at radius 2 is 2.00 bits per heavy atom. The van der Waals surface area contributed by atoms with Crippen LogP contribution < -0.4 is 11.1 Å². The highest BCUT2D eigenvalue weighted by Gasteiger charge is 2.28. The zero-order valence-corrected chi connectivity index (χ0v) is 10.3. The largest absolute Gasteiger partial charge is 0.399 e. The maximum atomic E-state index is 5.80. The fourth-order valence-corrected chi connectivity index (χ4v) is 2.54. The van der Waals surface area contributed by atoms with Gasteiger partial charge in [-0.2, -0.15) is 0 Å². The van der Waals surface area contributed by atoms with E-state index in [1.807, 2.05) is 12.1 Å².